The van der Waals surface area contributed by atoms with Crippen LogP contribution in [-0.2, 0) is 16.1 Å². The molecule has 0 aromatic carbocycles. The molecule has 0 fully saturated rings. The summed E-state index contributed by atoms with van der Waals surface area (Å²) in [6.07, 6.45) is 5.13. The van der Waals surface area contributed by atoms with Gasteiger partial charge >= 0.3 is 12.0 Å². The molecule has 3 N–H and O–H groups in total. The summed E-state index contributed by atoms with van der Waals surface area (Å²) < 4.78 is 0. The molecule has 0 spiro atoms. The maximum absolute atomic E-state index is 12.1. The van der Waals surface area contributed by atoms with Gasteiger partial charge in [-0.3, -0.25) is 9.78 Å². The van der Waals surface area contributed by atoms with Crippen molar-refractivity contribution < 1.29 is 24.6 Å². The van der Waals surface area contributed by atoms with Crippen LogP contribution < -0.4 is 5.32 Å². The Hall–Kier alpha value is -2.29. The molecule has 0 saturated carbocycles. The van der Waals surface area contributed by atoms with Crippen LogP contribution >= 0.6 is 11.8 Å². The first-order chi connectivity index (χ1) is 11.3. The molecular weight excluding hydrogens is 334 g/mol. The molecule has 9 heteroatoms. The number of urea groups is 1. The van der Waals surface area contributed by atoms with Crippen LogP contribution in [0.5, 0.6) is 0 Å². The van der Waals surface area contributed by atoms with Crippen molar-refractivity contribution in [3.05, 3.63) is 30.1 Å². The summed E-state index contributed by atoms with van der Waals surface area (Å²) >= 11 is 1.38. The molecule has 0 aliphatic rings. The third-order valence-electron chi connectivity index (χ3n) is 2.72. The Labute approximate surface area is 145 Å². The van der Waals surface area contributed by atoms with Gasteiger partial charge in [0.1, 0.15) is 6.04 Å². The molecule has 2 amide bonds. The van der Waals surface area contributed by atoms with Gasteiger partial charge in [-0.2, -0.15) is 11.8 Å². The third-order valence-corrected chi connectivity index (χ3v) is 3.39. The number of aliphatic carboxylic acids is 2. The number of hydrogen-bond donors (Lipinski definition) is 3. The van der Waals surface area contributed by atoms with E-state index in [0.717, 1.165) is 12.5 Å². The zero-order valence-corrected chi connectivity index (χ0v) is 14.7. The topological polar surface area (TPSA) is 120 Å². The van der Waals surface area contributed by atoms with Gasteiger partial charge in [-0.15, -0.1) is 0 Å². The zero-order chi connectivity index (χ0) is 18.5. The standard InChI is InChI=1S/C13H19N3O3S.C2H4O2/c1-3-16(8-10-4-6-14-7-5-10)13(19)15-11(9-20-2)12(17)18;1-2(3)4/h4-7,11H,3,8-9H2,1-2H3,(H,15,19)(H,17,18);1H3,(H,3,4)/t11-;/m0./s1. The largest absolute Gasteiger partial charge is 0.481 e. The van der Waals surface area contributed by atoms with Crippen molar-refractivity contribution in [2.45, 2.75) is 26.4 Å². The molecule has 24 heavy (non-hydrogen) atoms. The van der Waals surface area contributed by atoms with Gasteiger partial charge in [0.15, 0.2) is 0 Å². The highest BCUT2D eigenvalue weighted by molar-refractivity contribution is 7.98. The molecule has 0 bridgehead atoms. The molecule has 1 atom stereocenters. The van der Waals surface area contributed by atoms with E-state index in [1.807, 2.05) is 19.1 Å². The lowest BCUT2D eigenvalue weighted by molar-refractivity contribution is -0.138. The number of carboxylic acid groups (broad SMARTS) is 2. The predicted molar refractivity (Wildman–Crippen MR) is 92.0 cm³/mol. The lowest BCUT2D eigenvalue weighted by Gasteiger charge is -2.23. The molecule has 134 valence electrons. The Morgan fingerprint density at radius 1 is 1.29 bits per heavy atom. The second-order valence-corrected chi connectivity index (χ2v) is 5.59. The second-order valence-electron chi connectivity index (χ2n) is 4.68. The zero-order valence-electron chi connectivity index (χ0n) is 13.9. The van der Waals surface area contributed by atoms with Gasteiger partial charge in [-0.25, -0.2) is 9.59 Å². The summed E-state index contributed by atoms with van der Waals surface area (Å²) in [6.45, 7) is 3.86. The molecule has 1 aromatic rings. The molecule has 0 aliphatic heterocycles. The van der Waals surface area contributed by atoms with Crippen LogP contribution in [0.15, 0.2) is 24.5 Å². The van der Waals surface area contributed by atoms with Gasteiger partial charge in [0.2, 0.25) is 0 Å². The molecule has 0 saturated heterocycles. The van der Waals surface area contributed by atoms with E-state index in [9.17, 15) is 9.59 Å². The molecular formula is C15H23N3O5S. The maximum atomic E-state index is 12.1. The number of carbonyl (C=O) groups is 3. The fourth-order valence-electron chi connectivity index (χ4n) is 1.62. The Morgan fingerprint density at radius 2 is 1.83 bits per heavy atom. The molecule has 1 rings (SSSR count). The van der Waals surface area contributed by atoms with Crippen molar-refractivity contribution in [3.63, 3.8) is 0 Å². The maximum Gasteiger partial charge on any atom is 0.327 e. The first-order valence-electron chi connectivity index (χ1n) is 7.17. The molecule has 1 aromatic heterocycles. The number of aromatic nitrogens is 1. The summed E-state index contributed by atoms with van der Waals surface area (Å²) in [5, 5.41) is 19.0. The first kappa shape index (κ1) is 21.7. The number of amides is 2. The fraction of sp³-hybridized carbons (Fsp3) is 0.467. The fourth-order valence-corrected chi connectivity index (χ4v) is 2.18. The normalized spacial score (nSPS) is 10.8. The van der Waals surface area contributed by atoms with E-state index in [4.69, 9.17) is 15.0 Å². The van der Waals surface area contributed by atoms with E-state index in [1.165, 1.54) is 11.8 Å². The van der Waals surface area contributed by atoms with Gasteiger partial charge in [-0.05, 0) is 30.9 Å². The van der Waals surface area contributed by atoms with E-state index >= 15 is 0 Å². The highest BCUT2D eigenvalue weighted by atomic mass is 32.2. The molecule has 0 aliphatic carbocycles. The smallest absolute Gasteiger partial charge is 0.327 e. The SMILES string of the molecule is CC(=O)O.CCN(Cc1ccncc1)C(=O)N[C@@H](CSC)C(=O)O. The van der Waals surface area contributed by atoms with Crippen LogP contribution in [0, 0.1) is 0 Å². The Bertz CT molecular complexity index is 523. The lowest BCUT2D eigenvalue weighted by Crippen LogP contribution is -2.48. The van der Waals surface area contributed by atoms with Crippen LogP contribution in [0.4, 0.5) is 4.79 Å². The van der Waals surface area contributed by atoms with Gasteiger partial charge < -0.3 is 20.4 Å². The summed E-state index contributed by atoms with van der Waals surface area (Å²) in [7, 11) is 0. The third kappa shape index (κ3) is 9.67. The number of thioether (sulfide) groups is 1. The molecule has 1 heterocycles. The van der Waals surface area contributed by atoms with Gasteiger partial charge in [0.25, 0.3) is 5.97 Å². The van der Waals surface area contributed by atoms with Crippen molar-refractivity contribution in [1.29, 1.82) is 0 Å². The molecule has 0 unspecified atom stereocenters. The Kier molecular flexibility index (Phi) is 11.0. The molecule has 8 nitrogen and oxygen atoms in total. The summed E-state index contributed by atoms with van der Waals surface area (Å²) in [4.78, 5) is 37.6. The number of rotatable bonds is 7. The van der Waals surface area contributed by atoms with Crippen LogP contribution in [0.25, 0.3) is 0 Å². The Morgan fingerprint density at radius 3 is 2.25 bits per heavy atom. The highest BCUT2D eigenvalue weighted by Gasteiger charge is 2.22. The van der Waals surface area contributed by atoms with Crippen molar-refractivity contribution in [1.82, 2.24) is 15.2 Å². The van der Waals surface area contributed by atoms with Crippen LogP contribution in [-0.4, -0.2) is 62.7 Å². The van der Waals surface area contributed by atoms with Gasteiger partial charge in [0, 0.05) is 38.2 Å². The summed E-state index contributed by atoms with van der Waals surface area (Å²) in [6, 6.07) is 2.41. The predicted octanol–water partition coefficient (Wildman–Crippen LogP) is 1.52. The summed E-state index contributed by atoms with van der Waals surface area (Å²) in [5.74, 6) is -1.51. The minimum absolute atomic E-state index is 0.341. The first-order valence-corrected chi connectivity index (χ1v) is 8.56. The van der Waals surface area contributed by atoms with Crippen LogP contribution in [0.3, 0.4) is 0 Å². The lowest BCUT2D eigenvalue weighted by atomic mass is 10.2. The number of carboxylic acids is 2. The van der Waals surface area contributed by atoms with Gasteiger partial charge in [0.05, 0.1) is 0 Å². The minimum Gasteiger partial charge on any atom is -0.481 e. The van der Waals surface area contributed by atoms with E-state index in [1.54, 1.807) is 23.5 Å². The van der Waals surface area contributed by atoms with E-state index in [0.29, 0.717) is 18.8 Å². The van der Waals surface area contributed by atoms with Crippen molar-refractivity contribution >= 4 is 29.7 Å². The Balaban J connectivity index is 0.00000118. The number of carbonyl (C=O) groups excluding carboxylic acids is 1. The average Bonchev–Trinajstić information content (AvgIpc) is 2.52. The van der Waals surface area contributed by atoms with Crippen molar-refractivity contribution in [3.8, 4) is 0 Å². The number of nitrogens with zero attached hydrogens (tertiary/aromatic N) is 2. The van der Waals surface area contributed by atoms with Crippen LogP contribution in [0.2, 0.25) is 0 Å². The number of pyridine rings is 1. The second kappa shape index (κ2) is 12.2. The molecule has 0 radical (unpaired) electrons. The summed E-state index contributed by atoms with van der Waals surface area (Å²) in [5.41, 5.74) is 0.953. The van der Waals surface area contributed by atoms with Crippen molar-refractivity contribution in [2.24, 2.45) is 0 Å². The van der Waals surface area contributed by atoms with E-state index < -0.39 is 18.0 Å². The quantitative estimate of drug-likeness (QED) is 0.676. The highest BCUT2D eigenvalue weighted by Crippen LogP contribution is 2.05. The van der Waals surface area contributed by atoms with Crippen LogP contribution in [0.1, 0.15) is 19.4 Å². The monoisotopic (exact) mass is 357 g/mol. The number of hydrogen-bond acceptors (Lipinski definition) is 5. The van der Waals surface area contributed by atoms with Crippen molar-refractivity contribution in [2.75, 3.05) is 18.6 Å². The number of nitrogens with one attached hydrogen (secondary N) is 1. The van der Waals surface area contributed by atoms with Gasteiger partial charge in [-0.1, -0.05) is 0 Å². The van der Waals surface area contributed by atoms with E-state index in [2.05, 4.69) is 10.3 Å². The minimum atomic E-state index is -1.02. The average molecular weight is 357 g/mol. The van der Waals surface area contributed by atoms with E-state index in [-0.39, 0.29) is 6.03 Å².